The summed E-state index contributed by atoms with van der Waals surface area (Å²) in [6.07, 6.45) is -0.401. The van der Waals surface area contributed by atoms with Gasteiger partial charge in [-0.3, -0.25) is 0 Å². The minimum absolute atomic E-state index is 0.265. The van der Waals surface area contributed by atoms with E-state index in [1.54, 1.807) is 6.92 Å². The van der Waals surface area contributed by atoms with Crippen molar-refractivity contribution in [1.29, 1.82) is 0 Å². The number of nitrogens with one attached hydrogen (secondary N) is 1. The van der Waals surface area contributed by atoms with Crippen molar-refractivity contribution in [1.82, 2.24) is 0 Å². The number of hydrogen-bond donors (Lipinski definition) is 2. The highest BCUT2D eigenvalue weighted by molar-refractivity contribution is 5.46. The van der Waals surface area contributed by atoms with Crippen molar-refractivity contribution < 1.29 is 5.11 Å². The van der Waals surface area contributed by atoms with Crippen LogP contribution in [0.3, 0.4) is 0 Å². The molecule has 0 amide bonds. The van der Waals surface area contributed by atoms with Gasteiger partial charge in [0.1, 0.15) is 0 Å². The highest BCUT2D eigenvalue weighted by atomic mass is 16.3. The average Bonchev–Trinajstić information content (AvgIpc) is 2.14. The summed E-state index contributed by atoms with van der Waals surface area (Å²) in [6.45, 7) is 9.29. The third-order valence-corrected chi connectivity index (χ3v) is 2.19. The normalized spacial score (nSPS) is 13.7. The molecule has 0 aliphatic carbocycles. The lowest BCUT2D eigenvalue weighted by Crippen LogP contribution is -2.19. The Bertz CT molecular complexity index is 313. The van der Waals surface area contributed by atoms with Crippen molar-refractivity contribution in [3.63, 3.8) is 0 Å². The molecule has 0 heterocycles. The van der Waals surface area contributed by atoms with Gasteiger partial charge in [-0.05, 0) is 30.0 Å². The molecule has 2 nitrogen and oxygen atoms in total. The van der Waals surface area contributed by atoms with Crippen molar-refractivity contribution in [2.75, 3.05) is 11.9 Å². The first-order chi connectivity index (χ1) is 6.88. The quantitative estimate of drug-likeness (QED) is 0.797. The Balaban J connectivity index is 2.66. The fourth-order valence-corrected chi connectivity index (χ4v) is 1.28. The van der Waals surface area contributed by atoms with Gasteiger partial charge in [0.25, 0.3) is 0 Å². The number of anilines is 1. The van der Waals surface area contributed by atoms with Crippen LogP contribution in [0.1, 0.15) is 39.4 Å². The zero-order chi connectivity index (χ0) is 11.5. The molecule has 1 aromatic rings. The van der Waals surface area contributed by atoms with E-state index in [4.69, 9.17) is 0 Å². The molecule has 0 saturated heterocycles. The molecule has 0 spiro atoms. The van der Waals surface area contributed by atoms with Gasteiger partial charge in [0.05, 0.1) is 6.10 Å². The van der Waals surface area contributed by atoms with Crippen LogP contribution in [0, 0.1) is 5.41 Å². The topological polar surface area (TPSA) is 32.3 Å². The first-order valence-corrected chi connectivity index (χ1v) is 5.40. The lowest BCUT2D eigenvalue weighted by atomic mass is 9.97. The van der Waals surface area contributed by atoms with Gasteiger partial charge >= 0.3 is 0 Å². The molecule has 1 unspecified atom stereocenters. The fourth-order valence-electron chi connectivity index (χ4n) is 1.28. The summed E-state index contributed by atoms with van der Waals surface area (Å²) < 4.78 is 0. The van der Waals surface area contributed by atoms with Gasteiger partial charge in [-0.1, -0.05) is 32.9 Å². The minimum Gasteiger partial charge on any atom is -0.389 e. The number of aliphatic hydroxyl groups excluding tert-OH is 1. The molecule has 15 heavy (non-hydrogen) atoms. The van der Waals surface area contributed by atoms with Crippen LogP contribution in [0.2, 0.25) is 0 Å². The van der Waals surface area contributed by atoms with E-state index in [1.807, 2.05) is 24.3 Å². The van der Waals surface area contributed by atoms with Gasteiger partial charge in [0.15, 0.2) is 0 Å². The van der Waals surface area contributed by atoms with Crippen LogP contribution in [0.25, 0.3) is 0 Å². The Labute approximate surface area is 92.3 Å². The molecule has 1 atom stereocenters. The van der Waals surface area contributed by atoms with E-state index in [0.29, 0.717) is 0 Å². The molecule has 84 valence electrons. The standard InChI is InChI=1S/C13H21NO/c1-10(15)11-6-5-7-12(8-11)14-9-13(2,3)4/h5-8,10,14-15H,9H2,1-4H3. The number of hydrogen-bond acceptors (Lipinski definition) is 2. The second-order valence-electron chi connectivity index (χ2n) is 5.22. The van der Waals surface area contributed by atoms with Crippen molar-refractivity contribution in [3.05, 3.63) is 29.8 Å². The summed E-state index contributed by atoms with van der Waals surface area (Å²) in [4.78, 5) is 0. The summed E-state index contributed by atoms with van der Waals surface area (Å²) >= 11 is 0. The molecule has 0 radical (unpaired) electrons. The molecule has 1 aromatic carbocycles. The molecular formula is C13H21NO. The summed E-state index contributed by atoms with van der Waals surface area (Å²) in [5.41, 5.74) is 2.29. The van der Waals surface area contributed by atoms with Crippen molar-refractivity contribution in [3.8, 4) is 0 Å². The van der Waals surface area contributed by atoms with Gasteiger partial charge in [-0.15, -0.1) is 0 Å². The van der Waals surface area contributed by atoms with Crippen LogP contribution in [0.4, 0.5) is 5.69 Å². The van der Waals surface area contributed by atoms with Crippen LogP contribution >= 0.6 is 0 Å². The smallest absolute Gasteiger partial charge is 0.0762 e. The fraction of sp³-hybridized carbons (Fsp3) is 0.538. The summed E-state index contributed by atoms with van der Waals surface area (Å²) in [5, 5.41) is 12.8. The molecule has 0 aromatic heterocycles. The SMILES string of the molecule is CC(O)c1cccc(NCC(C)(C)C)c1. The van der Waals surface area contributed by atoms with Crippen LogP contribution in [-0.4, -0.2) is 11.7 Å². The van der Waals surface area contributed by atoms with E-state index < -0.39 is 6.10 Å². The summed E-state index contributed by atoms with van der Waals surface area (Å²) in [6, 6.07) is 7.92. The first-order valence-electron chi connectivity index (χ1n) is 5.40. The monoisotopic (exact) mass is 207 g/mol. The predicted octanol–water partition coefficient (Wildman–Crippen LogP) is 3.20. The van der Waals surface area contributed by atoms with Gasteiger partial charge in [-0.25, -0.2) is 0 Å². The number of rotatable bonds is 3. The highest BCUT2D eigenvalue weighted by Gasteiger charge is 2.09. The van der Waals surface area contributed by atoms with Crippen molar-refractivity contribution in [2.45, 2.75) is 33.8 Å². The molecule has 2 heteroatoms. The number of aliphatic hydroxyl groups is 1. The van der Waals surface area contributed by atoms with Gasteiger partial charge in [0.2, 0.25) is 0 Å². The maximum absolute atomic E-state index is 9.45. The van der Waals surface area contributed by atoms with E-state index in [1.165, 1.54) is 0 Å². The van der Waals surface area contributed by atoms with E-state index in [2.05, 4.69) is 26.1 Å². The van der Waals surface area contributed by atoms with Crippen LogP contribution in [0.15, 0.2) is 24.3 Å². The molecular weight excluding hydrogens is 186 g/mol. The van der Waals surface area contributed by atoms with E-state index in [0.717, 1.165) is 17.8 Å². The Morgan fingerprint density at radius 3 is 2.53 bits per heavy atom. The maximum atomic E-state index is 9.45. The second kappa shape index (κ2) is 4.67. The molecule has 0 aliphatic rings. The molecule has 0 saturated carbocycles. The zero-order valence-electron chi connectivity index (χ0n) is 10.0. The summed E-state index contributed by atoms with van der Waals surface area (Å²) in [7, 11) is 0. The van der Waals surface area contributed by atoms with Crippen LogP contribution in [-0.2, 0) is 0 Å². The Morgan fingerprint density at radius 2 is 2.00 bits per heavy atom. The second-order valence-corrected chi connectivity index (χ2v) is 5.22. The Kier molecular flexibility index (Phi) is 3.75. The maximum Gasteiger partial charge on any atom is 0.0762 e. The molecule has 0 aliphatic heterocycles. The van der Waals surface area contributed by atoms with E-state index >= 15 is 0 Å². The Morgan fingerprint density at radius 1 is 1.33 bits per heavy atom. The molecule has 0 bridgehead atoms. The van der Waals surface area contributed by atoms with Crippen molar-refractivity contribution >= 4 is 5.69 Å². The largest absolute Gasteiger partial charge is 0.389 e. The van der Waals surface area contributed by atoms with Crippen LogP contribution in [0.5, 0.6) is 0 Å². The molecule has 0 fully saturated rings. The highest BCUT2D eigenvalue weighted by Crippen LogP contribution is 2.19. The lowest BCUT2D eigenvalue weighted by Gasteiger charge is -2.20. The van der Waals surface area contributed by atoms with Crippen LogP contribution < -0.4 is 5.32 Å². The molecule has 1 rings (SSSR count). The number of benzene rings is 1. The van der Waals surface area contributed by atoms with Gasteiger partial charge in [-0.2, -0.15) is 0 Å². The third kappa shape index (κ3) is 4.34. The average molecular weight is 207 g/mol. The van der Waals surface area contributed by atoms with Crippen molar-refractivity contribution in [2.24, 2.45) is 5.41 Å². The Hall–Kier alpha value is -1.02. The van der Waals surface area contributed by atoms with Gasteiger partial charge in [0, 0.05) is 12.2 Å². The first kappa shape index (κ1) is 12.1. The molecule has 2 N–H and O–H groups in total. The predicted molar refractivity (Wildman–Crippen MR) is 65.0 cm³/mol. The van der Waals surface area contributed by atoms with E-state index in [9.17, 15) is 5.11 Å². The lowest BCUT2D eigenvalue weighted by molar-refractivity contribution is 0.199. The summed E-state index contributed by atoms with van der Waals surface area (Å²) in [5.74, 6) is 0. The van der Waals surface area contributed by atoms with E-state index in [-0.39, 0.29) is 5.41 Å². The minimum atomic E-state index is -0.401. The van der Waals surface area contributed by atoms with Gasteiger partial charge < -0.3 is 10.4 Å². The third-order valence-electron chi connectivity index (χ3n) is 2.19. The zero-order valence-corrected chi connectivity index (χ0v) is 10.0.